The van der Waals surface area contributed by atoms with E-state index in [0.29, 0.717) is 48.9 Å². The number of amides is 2. The van der Waals surface area contributed by atoms with Gasteiger partial charge in [-0.25, -0.2) is 0 Å². The number of unbranched alkanes of at least 4 members (excludes halogenated alkanes) is 1. The molecule has 1 aromatic carbocycles. The highest BCUT2D eigenvalue weighted by Crippen LogP contribution is 2.32. The van der Waals surface area contributed by atoms with Gasteiger partial charge in [0.1, 0.15) is 11.6 Å². The lowest BCUT2D eigenvalue weighted by Crippen LogP contribution is -2.43. The van der Waals surface area contributed by atoms with Crippen LogP contribution in [0.1, 0.15) is 45.6 Å². The van der Waals surface area contributed by atoms with E-state index in [1.54, 1.807) is 26.2 Å². The molecule has 0 unspecified atom stereocenters. The van der Waals surface area contributed by atoms with E-state index in [-0.39, 0.29) is 12.1 Å². The number of nitrogens with zero attached hydrogens (tertiary/aromatic N) is 2. The quantitative estimate of drug-likeness (QED) is 0.303. The SMILES string of the molecule is CCCCOc1ccc(/C=C2/C(=O)N(CCCOC)C(=O)C(C#N)=C2C)cc1OCC. The van der Waals surface area contributed by atoms with Gasteiger partial charge in [0.25, 0.3) is 11.8 Å². The Hall–Kier alpha value is -3.11. The van der Waals surface area contributed by atoms with Crippen LogP contribution in [0.2, 0.25) is 0 Å². The first-order valence-electron chi connectivity index (χ1n) is 10.6. The number of carbonyl (C=O) groups is 2. The van der Waals surface area contributed by atoms with Crippen molar-refractivity contribution in [2.45, 2.75) is 40.0 Å². The minimum atomic E-state index is -0.562. The van der Waals surface area contributed by atoms with Crippen molar-refractivity contribution in [2.75, 3.05) is 33.5 Å². The molecule has 0 aromatic heterocycles. The lowest BCUT2D eigenvalue weighted by Gasteiger charge is -2.27. The Morgan fingerprint density at radius 3 is 2.48 bits per heavy atom. The van der Waals surface area contributed by atoms with Gasteiger partial charge in [-0.2, -0.15) is 5.26 Å². The summed E-state index contributed by atoms with van der Waals surface area (Å²) in [5, 5.41) is 9.49. The van der Waals surface area contributed by atoms with Gasteiger partial charge in [-0.3, -0.25) is 14.5 Å². The molecule has 0 N–H and O–H groups in total. The minimum absolute atomic E-state index is 0.0205. The molecule has 1 aliphatic heterocycles. The maximum Gasteiger partial charge on any atom is 0.271 e. The molecule has 7 nitrogen and oxygen atoms in total. The van der Waals surface area contributed by atoms with Crippen molar-refractivity contribution in [3.05, 3.63) is 40.5 Å². The maximum atomic E-state index is 13.1. The molecule has 0 bridgehead atoms. The van der Waals surface area contributed by atoms with Gasteiger partial charge in [0.2, 0.25) is 0 Å². The fraction of sp³-hybridized carbons (Fsp3) is 0.458. The highest BCUT2D eigenvalue weighted by atomic mass is 16.5. The average Bonchev–Trinajstić information content (AvgIpc) is 2.76. The fourth-order valence-electron chi connectivity index (χ4n) is 3.19. The predicted molar refractivity (Wildman–Crippen MR) is 118 cm³/mol. The van der Waals surface area contributed by atoms with E-state index in [2.05, 4.69) is 6.92 Å². The first-order chi connectivity index (χ1) is 15.0. The zero-order valence-electron chi connectivity index (χ0n) is 18.7. The third-order valence-corrected chi connectivity index (χ3v) is 4.89. The molecule has 2 rings (SSSR count). The van der Waals surface area contributed by atoms with Crippen molar-refractivity contribution in [1.29, 1.82) is 5.26 Å². The topological polar surface area (TPSA) is 88.9 Å². The molecule has 31 heavy (non-hydrogen) atoms. The van der Waals surface area contributed by atoms with E-state index in [1.807, 2.05) is 25.1 Å². The van der Waals surface area contributed by atoms with Gasteiger partial charge in [0.05, 0.1) is 13.2 Å². The van der Waals surface area contributed by atoms with E-state index in [1.165, 1.54) is 0 Å². The zero-order valence-corrected chi connectivity index (χ0v) is 18.7. The summed E-state index contributed by atoms with van der Waals surface area (Å²) < 4.78 is 16.5. The van der Waals surface area contributed by atoms with Crippen molar-refractivity contribution in [3.63, 3.8) is 0 Å². The number of carbonyl (C=O) groups excluding carboxylic acids is 2. The number of methoxy groups -OCH3 is 1. The minimum Gasteiger partial charge on any atom is -0.490 e. The third kappa shape index (κ3) is 5.96. The molecule has 1 heterocycles. The number of ether oxygens (including phenoxy) is 3. The molecule has 0 spiro atoms. The van der Waals surface area contributed by atoms with Crippen LogP contribution in [0.4, 0.5) is 0 Å². The molecular formula is C24H30N2O5. The Balaban J connectivity index is 2.41. The van der Waals surface area contributed by atoms with Gasteiger partial charge in [-0.1, -0.05) is 19.4 Å². The molecule has 1 aliphatic rings. The van der Waals surface area contributed by atoms with Crippen LogP contribution < -0.4 is 9.47 Å². The summed E-state index contributed by atoms with van der Waals surface area (Å²) in [6.45, 7) is 7.29. The lowest BCUT2D eigenvalue weighted by atomic mass is 9.93. The Morgan fingerprint density at radius 2 is 1.84 bits per heavy atom. The van der Waals surface area contributed by atoms with Crippen LogP contribution >= 0.6 is 0 Å². The zero-order chi connectivity index (χ0) is 22.8. The first-order valence-corrected chi connectivity index (χ1v) is 10.6. The van der Waals surface area contributed by atoms with Gasteiger partial charge in [-0.05, 0) is 56.0 Å². The van der Waals surface area contributed by atoms with E-state index >= 15 is 0 Å². The highest BCUT2D eigenvalue weighted by Gasteiger charge is 2.35. The van der Waals surface area contributed by atoms with Crippen molar-refractivity contribution < 1.29 is 23.8 Å². The van der Waals surface area contributed by atoms with Gasteiger partial charge < -0.3 is 14.2 Å². The summed E-state index contributed by atoms with van der Waals surface area (Å²) in [4.78, 5) is 26.8. The second kappa shape index (κ2) is 11.9. The molecule has 1 aromatic rings. The van der Waals surface area contributed by atoms with Gasteiger partial charge in [0, 0.05) is 25.8 Å². The largest absolute Gasteiger partial charge is 0.490 e. The second-order valence-corrected chi connectivity index (χ2v) is 7.12. The molecule has 0 aliphatic carbocycles. The normalized spacial score (nSPS) is 15.5. The summed E-state index contributed by atoms with van der Waals surface area (Å²) >= 11 is 0. The van der Waals surface area contributed by atoms with Crippen LogP contribution in [0.15, 0.2) is 34.9 Å². The van der Waals surface area contributed by atoms with E-state index in [9.17, 15) is 14.9 Å². The Labute approximate surface area is 183 Å². The van der Waals surface area contributed by atoms with Crippen LogP contribution in [0.25, 0.3) is 6.08 Å². The van der Waals surface area contributed by atoms with Gasteiger partial charge in [-0.15, -0.1) is 0 Å². The Morgan fingerprint density at radius 1 is 1.06 bits per heavy atom. The summed E-state index contributed by atoms with van der Waals surface area (Å²) in [6, 6.07) is 7.39. The predicted octanol–water partition coefficient (Wildman–Crippen LogP) is 3.89. The lowest BCUT2D eigenvalue weighted by molar-refractivity contribution is -0.140. The summed E-state index contributed by atoms with van der Waals surface area (Å²) in [6.07, 6.45) is 4.16. The standard InChI is InChI=1S/C24H30N2O5/c1-5-7-13-31-21-10-9-18(15-22(21)30-6-2)14-19-17(3)20(16-25)24(28)26(23(19)27)11-8-12-29-4/h9-10,14-15H,5-8,11-13H2,1-4H3/b19-14+. The van der Waals surface area contributed by atoms with E-state index in [0.717, 1.165) is 23.3 Å². The second-order valence-electron chi connectivity index (χ2n) is 7.12. The molecule has 7 heteroatoms. The molecule has 2 amide bonds. The van der Waals surface area contributed by atoms with Crippen LogP contribution in [0.5, 0.6) is 11.5 Å². The molecule has 0 atom stereocenters. The molecule has 0 radical (unpaired) electrons. The number of imide groups is 1. The number of benzene rings is 1. The highest BCUT2D eigenvalue weighted by molar-refractivity contribution is 6.19. The molecule has 0 saturated heterocycles. The van der Waals surface area contributed by atoms with Crippen molar-refractivity contribution in [3.8, 4) is 17.6 Å². The van der Waals surface area contributed by atoms with Gasteiger partial charge in [0.15, 0.2) is 11.5 Å². The van der Waals surface area contributed by atoms with Gasteiger partial charge >= 0.3 is 0 Å². The third-order valence-electron chi connectivity index (χ3n) is 4.89. The Kier molecular flexibility index (Phi) is 9.29. The Bertz CT molecular complexity index is 911. The summed E-state index contributed by atoms with van der Waals surface area (Å²) in [5.41, 5.74) is 1.39. The number of hydrogen-bond acceptors (Lipinski definition) is 6. The molecule has 0 saturated carbocycles. The maximum absolute atomic E-state index is 13.1. The summed E-state index contributed by atoms with van der Waals surface area (Å²) in [7, 11) is 1.56. The van der Waals surface area contributed by atoms with E-state index < -0.39 is 11.8 Å². The van der Waals surface area contributed by atoms with E-state index in [4.69, 9.17) is 14.2 Å². The smallest absolute Gasteiger partial charge is 0.271 e. The van der Waals surface area contributed by atoms with Crippen LogP contribution in [-0.4, -0.2) is 50.2 Å². The monoisotopic (exact) mass is 426 g/mol. The molecular weight excluding hydrogens is 396 g/mol. The number of hydrogen-bond donors (Lipinski definition) is 0. The van der Waals surface area contributed by atoms with Crippen molar-refractivity contribution in [1.82, 2.24) is 4.90 Å². The fourth-order valence-corrected chi connectivity index (χ4v) is 3.19. The first kappa shape index (κ1) is 24.2. The summed E-state index contributed by atoms with van der Waals surface area (Å²) in [5.74, 6) is 0.256. The number of rotatable bonds is 11. The number of nitriles is 1. The average molecular weight is 427 g/mol. The van der Waals surface area contributed by atoms with Crippen molar-refractivity contribution >= 4 is 17.9 Å². The van der Waals surface area contributed by atoms with Crippen LogP contribution in [0, 0.1) is 11.3 Å². The van der Waals surface area contributed by atoms with Crippen molar-refractivity contribution in [2.24, 2.45) is 0 Å². The van der Waals surface area contributed by atoms with Crippen LogP contribution in [-0.2, 0) is 14.3 Å². The van der Waals surface area contributed by atoms with Crippen LogP contribution in [0.3, 0.4) is 0 Å². The molecule has 0 fully saturated rings. The molecule has 166 valence electrons.